The van der Waals surface area contributed by atoms with E-state index in [-0.39, 0.29) is 11.2 Å². The quantitative estimate of drug-likeness (QED) is 0.814. The molecule has 0 spiro atoms. The number of pyridine rings is 1. The number of carbonyl (C=O) groups is 1. The zero-order valence-corrected chi connectivity index (χ0v) is 10.5. The average molecular weight is 251 g/mol. The molecule has 1 fully saturated rings. The van der Waals surface area contributed by atoms with Crippen LogP contribution in [-0.2, 0) is 4.74 Å². The van der Waals surface area contributed by atoms with Gasteiger partial charge in [0.1, 0.15) is 0 Å². The second kappa shape index (κ2) is 4.45. The van der Waals surface area contributed by atoms with Gasteiger partial charge in [0.25, 0.3) is 0 Å². The van der Waals surface area contributed by atoms with Gasteiger partial charge >= 0.3 is 5.97 Å². The van der Waals surface area contributed by atoms with Crippen LogP contribution in [0.3, 0.4) is 0 Å². The van der Waals surface area contributed by atoms with E-state index in [9.17, 15) is 4.79 Å². The van der Waals surface area contributed by atoms with E-state index in [0.29, 0.717) is 31.2 Å². The summed E-state index contributed by atoms with van der Waals surface area (Å²) in [4.78, 5) is 17.0. The van der Waals surface area contributed by atoms with Crippen LogP contribution in [0.15, 0.2) is 12.3 Å². The second-order valence-electron chi connectivity index (χ2n) is 4.97. The molecule has 1 aromatic rings. The molecular formula is C12H17N3O3. The number of carboxylic acid groups (broad SMARTS) is 1. The van der Waals surface area contributed by atoms with E-state index in [2.05, 4.69) is 4.98 Å². The van der Waals surface area contributed by atoms with Crippen LogP contribution in [0.2, 0.25) is 0 Å². The standard InChI is InChI=1S/C12H17N3O3/c1-12(2)7-15(3-4-18-12)10-9(13)5-8(6-14-10)11(16)17/h5-6H,3-4,7,13H2,1-2H3,(H,16,17). The van der Waals surface area contributed by atoms with Crippen molar-refractivity contribution in [3.05, 3.63) is 17.8 Å². The van der Waals surface area contributed by atoms with Gasteiger partial charge in [0.15, 0.2) is 5.82 Å². The molecule has 0 unspecified atom stereocenters. The molecule has 98 valence electrons. The van der Waals surface area contributed by atoms with Crippen molar-refractivity contribution < 1.29 is 14.6 Å². The first kappa shape index (κ1) is 12.6. The Labute approximate surface area is 105 Å². The van der Waals surface area contributed by atoms with Crippen molar-refractivity contribution in [2.75, 3.05) is 30.3 Å². The molecule has 0 atom stereocenters. The molecule has 0 amide bonds. The molecule has 2 heterocycles. The topological polar surface area (TPSA) is 88.7 Å². The van der Waals surface area contributed by atoms with Crippen molar-refractivity contribution in [3.63, 3.8) is 0 Å². The Balaban J connectivity index is 2.26. The van der Waals surface area contributed by atoms with Crippen molar-refractivity contribution >= 4 is 17.5 Å². The highest BCUT2D eigenvalue weighted by Gasteiger charge is 2.28. The van der Waals surface area contributed by atoms with Crippen molar-refractivity contribution in [1.29, 1.82) is 0 Å². The monoisotopic (exact) mass is 251 g/mol. The lowest BCUT2D eigenvalue weighted by Gasteiger charge is -2.39. The number of anilines is 2. The molecule has 0 radical (unpaired) electrons. The van der Waals surface area contributed by atoms with Gasteiger partial charge in [-0.05, 0) is 19.9 Å². The predicted molar refractivity (Wildman–Crippen MR) is 67.9 cm³/mol. The second-order valence-corrected chi connectivity index (χ2v) is 4.97. The molecule has 6 nitrogen and oxygen atoms in total. The summed E-state index contributed by atoms with van der Waals surface area (Å²) in [6, 6.07) is 1.44. The van der Waals surface area contributed by atoms with Crippen molar-refractivity contribution in [1.82, 2.24) is 4.98 Å². The number of hydrogen-bond donors (Lipinski definition) is 2. The highest BCUT2D eigenvalue weighted by atomic mass is 16.5. The molecule has 1 aromatic heterocycles. The molecule has 6 heteroatoms. The van der Waals surface area contributed by atoms with Crippen molar-refractivity contribution in [2.24, 2.45) is 0 Å². The number of carboxylic acids is 1. The van der Waals surface area contributed by atoms with Gasteiger partial charge in [-0.3, -0.25) is 0 Å². The van der Waals surface area contributed by atoms with Crippen LogP contribution in [0.4, 0.5) is 11.5 Å². The Morgan fingerprint density at radius 2 is 2.33 bits per heavy atom. The average Bonchev–Trinajstić information content (AvgIpc) is 2.27. The minimum absolute atomic E-state index is 0.101. The Bertz CT molecular complexity index is 474. The van der Waals surface area contributed by atoms with Crippen LogP contribution in [0.1, 0.15) is 24.2 Å². The molecule has 0 aliphatic carbocycles. The summed E-state index contributed by atoms with van der Waals surface area (Å²) in [7, 11) is 0. The number of aromatic nitrogens is 1. The third kappa shape index (κ3) is 2.53. The van der Waals surface area contributed by atoms with E-state index in [1.807, 2.05) is 18.7 Å². The fourth-order valence-corrected chi connectivity index (χ4v) is 2.05. The van der Waals surface area contributed by atoms with E-state index in [4.69, 9.17) is 15.6 Å². The largest absolute Gasteiger partial charge is 0.478 e. The Morgan fingerprint density at radius 1 is 1.61 bits per heavy atom. The summed E-state index contributed by atoms with van der Waals surface area (Å²) in [5.41, 5.74) is 6.10. The van der Waals surface area contributed by atoms with Crippen LogP contribution >= 0.6 is 0 Å². The Hall–Kier alpha value is -1.82. The van der Waals surface area contributed by atoms with E-state index in [1.54, 1.807) is 0 Å². The number of nitrogen functional groups attached to an aromatic ring is 1. The lowest BCUT2D eigenvalue weighted by Crippen LogP contribution is -2.48. The van der Waals surface area contributed by atoms with Gasteiger partial charge in [-0.15, -0.1) is 0 Å². The van der Waals surface area contributed by atoms with Gasteiger partial charge in [0.2, 0.25) is 0 Å². The molecule has 1 aliphatic rings. The third-order valence-corrected chi connectivity index (χ3v) is 2.87. The third-order valence-electron chi connectivity index (χ3n) is 2.87. The molecular weight excluding hydrogens is 234 g/mol. The first-order chi connectivity index (χ1) is 8.39. The number of hydrogen-bond acceptors (Lipinski definition) is 5. The molecule has 2 rings (SSSR count). The zero-order chi connectivity index (χ0) is 13.3. The molecule has 0 aromatic carbocycles. The minimum Gasteiger partial charge on any atom is -0.478 e. The maximum absolute atomic E-state index is 10.8. The van der Waals surface area contributed by atoms with Gasteiger partial charge < -0.3 is 20.5 Å². The number of morpholine rings is 1. The van der Waals surface area contributed by atoms with Crippen LogP contribution in [-0.4, -0.2) is 41.4 Å². The fraction of sp³-hybridized carbons (Fsp3) is 0.500. The van der Waals surface area contributed by atoms with E-state index in [1.165, 1.54) is 12.3 Å². The SMILES string of the molecule is CC1(C)CN(c2ncc(C(=O)O)cc2N)CCO1. The van der Waals surface area contributed by atoms with Gasteiger partial charge in [-0.1, -0.05) is 0 Å². The summed E-state index contributed by atoms with van der Waals surface area (Å²) in [6.07, 6.45) is 1.33. The normalized spacial score (nSPS) is 18.7. The first-order valence-corrected chi connectivity index (χ1v) is 5.77. The lowest BCUT2D eigenvalue weighted by atomic mass is 10.1. The molecule has 0 bridgehead atoms. The molecule has 1 saturated heterocycles. The zero-order valence-electron chi connectivity index (χ0n) is 10.5. The highest BCUT2D eigenvalue weighted by Crippen LogP contribution is 2.26. The van der Waals surface area contributed by atoms with Gasteiger partial charge in [-0.2, -0.15) is 0 Å². The maximum atomic E-state index is 10.8. The highest BCUT2D eigenvalue weighted by molar-refractivity contribution is 5.89. The maximum Gasteiger partial charge on any atom is 0.337 e. The number of nitrogens with two attached hydrogens (primary N) is 1. The van der Waals surface area contributed by atoms with Crippen LogP contribution in [0.5, 0.6) is 0 Å². The fourth-order valence-electron chi connectivity index (χ4n) is 2.05. The van der Waals surface area contributed by atoms with E-state index in [0.717, 1.165) is 0 Å². The van der Waals surface area contributed by atoms with E-state index < -0.39 is 5.97 Å². The minimum atomic E-state index is -1.02. The lowest BCUT2D eigenvalue weighted by molar-refractivity contribution is -0.0278. The van der Waals surface area contributed by atoms with Gasteiger partial charge in [-0.25, -0.2) is 9.78 Å². The Morgan fingerprint density at radius 3 is 2.89 bits per heavy atom. The molecule has 3 N–H and O–H groups in total. The molecule has 0 saturated carbocycles. The molecule has 1 aliphatic heterocycles. The smallest absolute Gasteiger partial charge is 0.337 e. The van der Waals surface area contributed by atoms with Crippen LogP contribution in [0, 0.1) is 0 Å². The Kier molecular flexibility index (Phi) is 3.13. The summed E-state index contributed by atoms with van der Waals surface area (Å²) < 4.78 is 5.61. The van der Waals surface area contributed by atoms with Crippen molar-refractivity contribution in [2.45, 2.75) is 19.4 Å². The van der Waals surface area contributed by atoms with Gasteiger partial charge in [0, 0.05) is 19.3 Å². The predicted octanol–water partition coefficient (Wildman–Crippen LogP) is 0.977. The first-order valence-electron chi connectivity index (χ1n) is 5.77. The van der Waals surface area contributed by atoms with Crippen molar-refractivity contribution in [3.8, 4) is 0 Å². The number of nitrogens with zero attached hydrogens (tertiary/aromatic N) is 2. The van der Waals surface area contributed by atoms with E-state index >= 15 is 0 Å². The number of ether oxygens (including phenoxy) is 1. The molecule has 18 heavy (non-hydrogen) atoms. The summed E-state index contributed by atoms with van der Waals surface area (Å²) >= 11 is 0. The number of aromatic carboxylic acids is 1. The number of rotatable bonds is 2. The van der Waals surface area contributed by atoms with Gasteiger partial charge in [0.05, 0.1) is 23.5 Å². The van der Waals surface area contributed by atoms with Crippen LogP contribution < -0.4 is 10.6 Å². The summed E-state index contributed by atoms with van der Waals surface area (Å²) in [5.74, 6) is -0.403. The summed E-state index contributed by atoms with van der Waals surface area (Å²) in [5, 5.41) is 8.86. The summed E-state index contributed by atoms with van der Waals surface area (Å²) in [6.45, 7) is 5.99. The van der Waals surface area contributed by atoms with Crippen LogP contribution in [0.25, 0.3) is 0 Å².